The molecule has 0 spiro atoms. The van der Waals surface area contributed by atoms with E-state index < -0.39 is 0 Å². The molecular formula is C25H23FN6O2. The molecule has 172 valence electrons. The van der Waals surface area contributed by atoms with Crippen LogP contribution in [0.5, 0.6) is 0 Å². The quantitative estimate of drug-likeness (QED) is 0.324. The highest BCUT2D eigenvalue weighted by atomic mass is 19.1. The summed E-state index contributed by atoms with van der Waals surface area (Å²) in [5, 5.41) is 10.1. The fraction of sp³-hybridized carbons (Fsp3) is 0.160. The zero-order valence-electron chi connectivity index (χ0n) is 18.5. The van der Waals surface area contributed by atoms with E-state index >= 15 is 0 Å². The van der Waals surface area contributed by atoms with Gasteiger partial charge < -0.3 is 24.5 Å². The molecule has 3 heterocycles. The summed E-state index contributed by atoms with van der Waals surface area (Å²) in [4.78, 5) is 29.4. The number of hydrogen-bond donors (Lipinski definition) is 3. The van der Waals surface area contributed by atoms with Crippen LogP contribution in [0.3, 0.4) is 0 Å². The number of aryl methyl sites for hydroxylation is 1. The van der Waals surface area contributed by atoms with Gasteiger partial charge in [0, 0.05) is 30.8 Å². The number of aliphatic hydroxyl groups excluding tert-OH is 1. The molecular weight excluding hydrogens is 435 g/mol. The van der Waals surface area contributed by atoms with Gasteiger partial charge >= 0.3 is 0 Å². The lowest BCUT2D eigenvalue weighted by molar-refractivity contribution is 0.291. The third-order valence-electron chi connectivity index (χ3n) is 5.81. The first kappa shape index (κ1) is 21.6. The van der Waals surface area contributed by atoms with Crippen molar-refractivity contribution in [1.82, 2.24) is 24.5 Å². The van der Waals surface area contributed by atoms with Gasteiger partial charge in [0.1, 0.15) is 23.9 Å². The minimum Gasteiger partial charge on any atom is -0.376 e. The number of fused-ring (bicyclic) bond motifs is 1. The highest BCUT2D eigenvalue weighted by Crippen LogP contribution is 2.29. The Morgan fingerprint density at radius 1 is 1.21 bits per heavy atom. The maximum Gasteiger partial charge on any atom is 0.261 e. The Kier molecular flexibility index (Phi) is 5.69. The second-order valence-corrected chi connectivity index (χ2v) is 8.07. The predicted molar refractivity (Wildman–Crippen MR) is 129 cm³/mol. The topological polar surface area (TPSA) is 103 Å². The van der Waals surface area contributed by atoms with Crippen molar-refractivity contribution < 1.29 is 9.50 Å². The number of H-pyrrole nitrogens is 2. The van der Waals surface area contributed by atoms with Gasteiger partial charge in [-0.1, -0.05) is 12.1 Å². The van der Waals surface area contributed by atoms with E-state index in [9.17, 15) is 14.3 Å². The Morgan fingerprint density at radius 3 is 2.85 bits per heavy atom. The number of rotatable bonds is 7. The van der Waals surface area contributed by atoms with Crippen molar-refractivity contribution in [3.8, 4) is 17.1 Å². The van der Waals surface area contributed by atoms with Crippen molar-refractivity contribution in [3.05, 3.63) is 94.7 Å². The third kappa shape index (κ3) is 4.08. The minimum absolute atomic E-state index is 0.308. The van der Waals surface area contributed by atoms with E-state index in [-0.39, 0.29) is 18.1 Å². The summed E-state index contributed by atoms with van der Waals surface area (Å²) in [7, 11) is 0. The molecule has 0 saturated heterocycles. The summed E-state index contributed by atoms with van der Waals surface area (Å²) in [5.41, 5.74) is 4.75. The van der Waals surface area contributed by atoms with E-state index in [1.807, 2.05) is 35.9 Å². The minimum atomic E-state index is -0.326. The van der Waals surface area contributed by atoms with E-state index in [2.05, 4.69) is 15.0 Å². The van der Waals surface area contributed by atoms with Gasteiger partial charge in [-0.15, -0.1) is 0 Å². The van der Waals surface area contributed by atoms with Crippen LogP contribution in [0.2, 0.25) is 0 Å². The second kappa shape index (κ2) is 8.95. The summed E-state index contributed by atoms with van der Waals surface area (Å²) in [6.07, 6.45) is 7.32. The maximum absolute atomic E-state index is 13.6. The van der Waals surface area contributed by atoms with Gasteiger partial charge in [-0.2, -0.15) is 0 Å². The lowest BCUT2D eigenvalue weighted by atomic mass is 10.1. The van der Waals surface area contributed by atoms with Crippen molar-refractivity contribution in [2.24, 2.45) is 0 Å². The SMILES string of the molecule is Cc1cc(-n2ccnc2)cc2[nH]c(-c3c(N(CO)CCc4cccc(F)c4)cc[nH]c3=O)nc12. The van der Waals surface area contributed by atoms with Crippen molar-refractivity contribution in [3.63, 3.8) is 0 Å². The standard InChI is InChI=1S/C25H23FN6O2/c1-16-11-19(31-10-8-27-14-31)13-20-23(16)30-24(29-20)22-21(5-7-28-25(22)34)32(15-33)9-6-17-3-2-4-18(26)12-17/h2-5,7-8,10-14,33H,6,9,15H2,1H3,(H,28,34)(H,29,30). The number of nitrogens with one attached hydrogen (secondary N) is 2. The van der Waals surface area contributed by atoms with Gasteiger partial charge in [0.2, 0.25) is 0 Å². The Hall–Kier alpha value is -4.24. The molecule has 0 bridgehead atoms. The summed E-state index contributed by atoms with van der Waals surface area (Å²) >= 11 is 0. The van der Waals surface area contributed by atoms with Crippen LogP contribution in [-0.2, 0) is 6.42 Å². The Labute approximate surface area is 194 Å². The van der Waals surface area contributed by atoms with E-state index in [1.165, 1.54) is 18.3 Å². The number of nitrogens with zero attached hydrogens (tertiary/aromatic N) is 4. The molecule has 3 aromatic heterocycles. The monoisotopic (exact) mass is 458 g/mol. The summed E-state index contributed by atoms with van der Waals surface area (Å²) in [6, 6.07) is 12.0. The van der Waals surface area contributed by atoms with Crippen molar-refractivity contribution >= 4 is 16.7 Å². The van der Waals surface area contributed by atoms with Crippen molar-refractivity contribution in [2.75, 3.05) is 18.2 Å². The van der Waals surface area contributed by atoms with E-state index in [1.54, 1.807) is 29.6 Å². The first-order valence-corrected chi connectivity index (χ1v) is 10.8. The maximum atomic E-state index is 13.6. The van der Waals surface area contributed by atoms with Gasteiger partial charge in [0.25, 0.3) is 5.56 Å². The molecule has 2 aromatic carbocycles. The van der Waals surface area contributed by atoms with Crippen molar-refractivity contribution in [1.29, 1.82) is 0 Å². The van der Waals surface area contributed by atoms with E-state index in [0.29, 0.717) is 30.0 Å². The molecule has 9 heteroatoms. The zero-order chi connectivity index (χ0) is 23.7. The third-order valence-corrected chi connectivity index (χ3v) is 5.81. The molecule has 0 unspecified atom stereocenters. The Bertz CT molecular complexity index is 1510. The van der Waals surface area contributed by atoms with Crippen LogP contribution < -0.4 is 10.5 Å². The van der Waals surface area contributed by atoms with E-state index in [4.69, 9.17) is 4.98 Å². The molecule has 0 saturated carbocycles. The average Bonchev–Trinajstić information content (AvgIpc) is 3.50. The Balaban J connectivity index is 1.54. The number of pyridine rings is 1. The van der Waals surface area contributed by atoms with Crippen LogP contribution in [0.25, 0.3) is 28.1 Å². The van der Waals surface area contributed by atoms with Crippen LogP contribution in [0.4, 0.5) is 10.1 Å². The Morgan fingerprint density at radius 2 is 2.09 bits per heavy atom. The molecule has 5 aromatic rings. The molecule has 5 rings (SSSR count). The van der Waals surface area contributed by atoms with Gasteiger partial charge in [-0.05, 0) is 54.8 Å². The fourth-order valence-corrected chi connectivity index (χ4v) is 4.14. The van der Waals surface area contributed by atoms with Crippen molar-refractivity contribution in [2.45, 2.75) is 13.3 Å². The summed E-state index contributed by atoms with van der Waals surface area (Å²) in [6.45, 7) is 2.04. The molecule has 3 N–H and O–H groups in total. The van der Waals surface area contributed by atoms with Gasteiger partial charge in [-0.25, -0.2) is 14.4 Å². The number of anilines is 1. The lowest BCUT2D eigenvalue weighted by Gasteiger charge is -2.23. The molecule has 34 heavy (non-hydrogen) atoms. The number of aromatic nitrogens is 5. The fourth-order valence-electron chi connectivity index (χ4n) is 4.14. The smallest absolute Gasteiger partial charge is 0.261 e. The summed E-state index contributed by atoms with van der Waals surface area (Å²) < 4.78 is 15.5. The number of imidazole rings is 2. The number of aromatic amines is 2. The molecule has 0 aliphatic heterocycles. The van der Waals surface area contributed by atoms with E-state index in [0.717, 1.165) is 27.8 Å². The molecule has 0 aliphatic carbocycles. The number of hydrogen-bond acceptors (Lipinski definition) is 5. The molecule has 0 aliphatic rings. The highest BCUT2D eigenvalue weighted by Gasteiger charge is 2.19. The molecule has 8 nitrogen and oxygen atoms in total. The van der Waals surface area contributed by atoms with Gasteiger partial charge in [0.15, 0.2) is 0 Å². The number of halogens is 1. The number of aliphatic hydroxyl groups is 1. The molecule has 0 radical (unpaired) electrons. The first-order chi connectivity index (χ1) is 16.5. The van der Waals surface area contributed by atoms with Gasteiger partial charge in [0.05, 0.1) is 23.0 Å². The normalized spacial score (nSPS) is 11.3. The second-order valence-electron chi connectivity index (χ2n) is 8.07. The van der Waals surface area contributed by atoms with Crippen LogP contribution in [0.1, 0.15) is 11.1 Å². The molecule has 0 fully saturated rings. The van der Waals surface area contributed by atoms with Crippen LogP contribution in [0.15, 0.2) is 72.2 Å². The van der Waals surface area contributed by atoms with Crippen LogP contribution >= 0.6 is 0 Å². The first-order valence-electron chi connectivity index (χ1n) is 10.8. The molecule has 0 atom stereocenters. The predicted octanol–water partition coefficient (Wildman–Crippen LogP) is 3.55. The summed E-state index contributed by atoms with van der Waals surface area (Å²) in [5.74, 6) is 0.0968. The lowest BCUT2D eigenvalue weighted by Crippen LogP contribution is -2.29. The van der Waals surface area contributed by atoms with Crippen LogP contribution in [0, 0.1) is 12.7 Å². The largest absolute Gasteiger partial charge is 0.376 e. The number of benzene rings is 2. The molecule has 0 amide bonds. The zero-order valence-corrected chi connectivity index (χ0v) is 18.5. The van der Waals surface area contributed by atoms with Gasteiger partial charge in [-0.3, -0.25) is 4.79 Å². The van der Waals surface area contributed by atoms with Crippen LogP contribution in [-0.4, -0.2) is 42.9 Å². The highest BCUT2D eigenvalue weighted by molar-refractivity contribution is 5.86. The average molecular weight is 458 g/mol.